The van der Waals surface area contributed by atoms with Crippen LogP contribution in [0, 0.1) is 0 Å². The number of hydrogen-bond acceptors (Lipinski definition) is 9. The number of nitrogens with zero attached hydrogens (tertiary/aromatic N) is 7. The van der Waals surface area contributed by atoms with E-state index in [-0.39, 0.29) is 44.7 Å². The number of aryl methyl sites for hydroxylation is 1. The smallest absolute Gasteiger partial charge is 0.657 e. The number of carbonyl (C=O) groups is 1. The SMILES string of the molecule is COc1ccc(S(=O)(=O)c2ccc(Oc3ccc(C(C)(C)C)cc3CCCNC(=O)C[n+]3ccc(-c4c5nc(c(-c6ccncc6)c6ccc([n-]6)c(-c6ccccc6)c6nc(c(-c7ccncc7)c7ccc4[n-]7)C=C6)C=C5)cc3)cc2)cc1.[Mn+2]. The van der Waals surface area contributed by atoms with Crippen molar-refractivity contribution in [3.63, 3.8) is 0 Å². The van der Waals surface area contributed by atoms with Gasteiger partial charge in [0, 0.05) is 43.5 Å². The van der Waals surface area contributed by atoms with Crippen LogP contribution in [0.3, 0.4) is 0 Å². The van der Waals surface area contributed by atoms with Crippen molar-refractivity contribution in [3.8, 4) is 61.8 Å². The first-order valence-corrected chi connectivity index (χ1v) is 28.8. The average Bonchev–Trinajstić information content (AvgIpc) is 4.20. The number of methoxy groups -OCH3 is 1. The van der Waals surface area contributed by atoms with Crippen molar-refractivity contribution in [2.45, 2.75) is 55.4 Å². The molecular formula is C69H57MnN8O5S+. The molecule has 1 radical (unpaired) electrons. The van der Waals surface area contributed by atoms with Gasteiger partial charge in [0.1, 0.15) is 17.2 Å². The number of benzene rings is 4. The summed E-state index contributed by atoms with van der Waals surface area (Å²) in [7, 11) is -2.21. The number of carbonyl (C=O) groups excluding carboxylic acids is 1. The summed E-state index contributed by atoms with van der Waals surface area (Å²) in [4.78, 5) is 44.1. The maximum Gasteiger partial charge on any atom is 2.00 e. The van der Waals surface area contributed by atoms with E-state index in [9.17, 15) is 13.2 Å². The maximum atomic E-state index is 13.6. The first kappa shape index (κ1) is 56.3. The molecule has 4 aromatic carbocycles. The molecule has 12 rings (SSSR count). The number of fused-ring (bicyclic) bond motifs is 8. The van der Waals surface area contributed by atoms with Gasteiger partial charge >= 0.3 is 17.1 Å². The number of ether oxygens (including phenoxy) is 2. The van der Waals surface area contributed by atoms with Crippen LogP contribution in [-0.2, 0) is 50.1 Å². The molecule has 2 aliphatic heterocycles. The van der Waals surface area contributed by atoms with Crippen molar-refractivity contribution in [2.75, 3.05) is 13.7 Å². The molecule has 84 heavy (non-hydrogen) atoms. The largest absolute Gasteiger partial charge is 2.00 e. The van der Waals surface area contributed by atoms with E-state index in [1.165, 1.54) is 19.2 Å². The molecule has 415 valence electrons. The standard InChI is InChI=1S/C69H57N8O5S.Mn/c1-69(2,3)50-12-29-63(82-52-15-19-54(20-16-52)83(79,80)53-17-13-51(81-4)14-18-53)49(43-50)11-8-36-72-64(78)44-77-41-34-48(35-42-77)68-61-27-25-59(75-61)66(46-30-37-70-38-31-46)57-23-21-55(73-57)65(45-9-6-5-7-10-45)56-22-24-58(74-56)67(47-32-39-71-40-33-47)60-26-28-62(68)76-60;/h5-7,9-10,12-35,37-43H,8,11,36,44H2,1-4H3,(H-,72,73,74,75,76,78);/q-1;+2. The zero-order chi connectivity index (χ0) is 57.1. The van der Waals surface area contributed by atoms with E-state index >= 15 is 0 Å². The molecule has 1 N–H and O–H groups in total. The number of sulfone groups is 1. The molecule has 2 aliphatic rings. The van der Waals surface area contributed by atoms with Crippen molar-refractivity contribution in [3.05, 3.63) is 229 Å². The normalized spacial score (nSPS) is 12.0. The van der Waals surface area contributed by atoms with E-state index in [2.05, 4.69) is 72.5 Å². The van der Waals surface area contributed by atoms with E-state index in [0.29, 0.717) is 36.6 Å². The molecule has 10 aromatic rings. The summed E-state index contributed by atoms with van der Waals surface area (Å²) in [5.41, 5.74) is 15.2. The Hall–Kier alpha value is -9.53. The molecule has 6 aromatic heterocycles. The molecule has 0 unspecified atom stereocenters. The van der Waals surface area contributed by atoms with Crippen molar-refractivity contribution in [1.29, 1.82) is 0 Å². The van der Waals surface area contributed by atoms with Crippen LogP contribution in [0.2, 0.25) is 0 Å². The second-order valence-electron chi connectivity index (χ2n) is 21.2. The van der Waals surface area contributed by atoms with Crippen molar-refractivity contribution in [2.24, 2.45) is 0 Å². The molecule has 0 saturated heterocycles. The molecular weight excluding hydrogens is 1110 g/mol. The minimum Gasteiger partial charge on any atom is -0.657 e. The predicted octanol–water partition coefficient (Wildman–Crippen LogP) is 13.3. The number of hydrogen-bond donors (Lipinski definition) is 1. The Bertz CT molecular complexity index is 4370. The Morgan fingerprint density at radius 2 is 1.01 bits per heavy atom. The zero-order valence-corrected chi connectivity index (χ0v) is 48.6. The van der Waals surface area contributed by atoms with Gasteiger partial charge in [0.05, 0.1) is 39.7 Å². The van der Waals surface area contributed by atoms with Crippen molar-refractivity contribution < 1.29 is 44.3 Å². The summed E-state index contributed by atoms with van der Waals surface area (Å²) >= 11 is 0. The monoisotopic (exact) mass is 1160 g/mol. The van der Waals surface area contributed by atoms with Gasteiger partial charge in [-0.15, -0.1) is 22.1 Å². The summed E-state index contributed by atoms with van der Waals surface area (Å²) in [6.07, 6.45) is 20.4. The van der Waals surface area contributed by atoms with E-state index in [0.717, 1.165) is 100 Å². The third kappa shape index (κ3) is 11.9. The van der Waals surface area contributed by atoms with E-state index < -0.39 is 9.84 Å². The van der Waals surface area contributed by atoms with Gasteiger partial charge in [0.15, 0.2) is 12.4 Å². The topological polar surface area (TPSA) is 165 Å². The van der Waals surface area contributed by atoms with Crippen LogP contribution in [0.1, 0.15) is 61.1 Å². The molecule has 1 amide bonds. The van der Waals surface area contributed by atoms with Crippen LogP contribution in [0.15, 0.2) is 205 Å². The Morgan fingerprint density at radius 1 is 0.560 bits per heavy atom. The predicted molar refractivity (Wildman–Crippen MR) is 326 cm³/mol. The van der Waals surface area contributed by atoms with Crippen molar-refractivity contribution >= 4 is 62.1 Å². The molecule has 13 nitrogen and oxygen atoms in total. The number of amides is 1. The fraction of sp³-hybridized carbons (Fsp3) is 0.130. The van der Waals surface area contributed by atoms with Crippen molar-refractivity contribution in [1.82, 2.24) is 35.2 Å². The van der Waals surface area contributed by atoms with Gasteiger partial charge in [-0.05, 0) is 177 Å². The van der Waals surface area contributed by atoms with Crippen LogP contribution >= 0.6 is 0 Å². The molecule has 0 saturated carbocycles. The Morgan fingerprint density at radius 3 is 1.48 bits per heavy atom. The van der Waals surface area contributed by atoms with Crippen LogP contribution in [-0.4, -0.2) is 47.9 Å². The fourth-order valence-corrected chi connectivity index (χ4v) is 11.7. The fourth-order valence-electron chi connectivity index (χ4n) is 10.4. The third-order valence-corrected chi connectivity index (χ3v) is 16.5. The van der Waals surface area contributed by atoms with Crippen LogP contribution in [0.25, 0.3) is 90.9 Å². The van der Waals surface area contributed by atoms with Gasteiger partial charge in [-0.25, -0.2) is 18.4 Å². The number of pyridine rings is 3. The Balaban J connectivity index is 0.00000736. The van der Waals surface area contributed by atoms with Crippen LogP contribution < -0.4 is 29.3 Å². The molecule has 8 bridgehead atoms. The second kappa shape index (κ2) is 24.1. The number of aromatic nitrogens is 7. The molecule has 0 fully saturated rings. The zero-order valence-electron chi connectivity index (χ0n) is 46.6. The van der Waals surface area contributed by atoms with Gasteiger partial charge in [-0.3, -0.25) is 14.8 Å². The summed E-state index contributed by atoms with van der Waals surface area (Å²) in [6, 6.07) is 49.2. The molecule has 0 atom stereocenters. The van der Waals surface area contributed by atoms with Crippen LogP contribution in [0.5, 0.6) is 17.2 Å². The van der Waals surface area contributed by atoms with Gasteiger partial charge in [-0.2, -0.15) is 4.57 Å². The van der Waals surface area contributed by atoms with Gasteiger partial charge in [0.25, 0.3) is 5.91 Å². The first-order chi connectivity index (χ1) is 40.4. The van der Waals surface area contributed by atoms with Gasteiger partial charge in [-0.1, -0.05) is 87.5 Å². The summed E-state index contributed by atoms with van der Waals surface area (Å²) in [6.45, 7) is 7.03. The first-order valence-electron chi connectivity index (χ1n) is 27.3. The maximum absolute atomic E-state index is 13.6. The van der Waals surface area contributed by atoms with E-state index in [1.54, 1.807) is 61.2 Å². The molecule has 0 spiro atoms. The van der Waals surface area contributed by atoms with Gasteiger partial charge in [0.2, 0.25) is 16.4 Å². The second-order valence-corrected chi connectivity index (χ2v) is 23.2. The quantitative estimate of drug-likeness (QED) is 0.0590. The molecule has 15 heteroatoms. The van der Waals surface area contributed by atoms with Gasteiger partial charge < -0.3 is 24.8 Å². The summed E-state index contributed by atoms with van der Waals surface area (Å²) < 4.78 is 40.3. The van der Waals surface area contributed by atoms with E-state index in [4.69, 9.17) is 29.4 Å². The minimum atomic E-state index is -3.75. The summed E-state index contributed by atoms with van der Waals surface area (Å²) in [5.74, 6) is 1.61. The van der Waals surface area contributed by atoms with E-state index in [1.807, 2.05) is 114 Å². The number of nitrogens with one attached hydrogen (secondary N) is 1. The average molecular weight is 1170 g/mol. The molecule has 8 heterocycles. The third-order valence-electron chi connectivity index (χ3n) is 14.7. The summed E-state index contributed by atoms with van der Waals surface area (Å²) in [5, 5.41) is 3.13. The Kier molecular flexibility index (Phi) is 16.2. The number of rotatable bonds is 15. The Labute approximate surface area is 498 Å². The minimum absolute atomic E-state index is 0. The molecule has 0 aliphatic carbocycles. The van der Waals surface area contributed by atoms with Crippen LogP contribution in [0.4, 0.5) is 0 Å².